The van der Waals surface area contributed by atoms with Crippen LogP contribution in [0.3, 0.4) is 0 Å². The Bertz CT molecular complexity index is 217. The zero-order valence-electron chi connectivity index (χ0n) is 7.65. The van der Waals surface area contributed by atoms with Crippen LogP contribution >= 0.6 is 0 Å². The molecule has 0 aromatic carbocycles. The van der Waals surface area contributed by atoms with E-state index < -0.39 is 18.8 Å². The highest BCUT2D eigenvalue weighted by molar-refractivity contribution is 5.93. The number of carbonyl (C=O) groups excluding carboxylic acids is 2. The Labute approximate surface area is 76.4 Å². The maximum atomic E-state index is 11.0. The van der Waals surface area contributed by atoms with Crippen molar-refractivity contribution in [1.82, 2.24) is 15.1 Å². The molecule has 2 N–H and O–H groups in total. The lowest BCUT2D eigenvalue weighted by molar-refractivity contribution is 0.140. The van der Waals surface area contributed by atoms with Crippen molar-refractivity contribution in [2.24, 2.45) is 0 Å². The molecule has 0 spiro atoms. The van der Waals surface area contributed by atoms with E-state index in [0.29, 0.717) is 0 Å². The van der Waals surface area contributed by atoms with Crippen LogP contribution in [0.25, 0.3) is 0 Å². The number of hydrogen-bond acceptors (Lipinski definition) is 3. The molecule has 0 bridgehead atoms. The summed E-state index contributed by atoms with van der Waals surface area (Å²) in [5.41, 5.74) is 0. The molecule has 13 heavy (non-hydrogen) atoms. The lowest BCUT2D eigenvalue weighted by Crippen LogP contribution is -2.44. The minimum Gasteiger partial charge on any atom is -0.376 e. The van der Waals surface area contributed by atoms with Gasteiger partial charge in [-0.3, -0.25) is 5.32 Å². The zero-order chi connectivity index (χ0) is 10.4. The van der Waals surface area contributed by atoms with E-state index in [1.54, 1.807) is 0 Å². The largest absolute Gasteiger partial charge is 0.376 e. The van der Waals surface area contributed by atoms with Gasteiger partial charge in [0.05, 0.1) is 0 Å². The first kappa shape index (κ1) is 11.4. The normalized spacial score (nSPS) is 8.85. The first-order valence-corrected chi connectivity index (χ1v) is 3.55. The monoisotopic (exact) mass is 187 g/mol. The highest BCUT2D eigenvalue weighted by Gasteiger charge is 2.12. The van der Waals surface area contributed by atoms with Gasteiger partial charge in [0.15, 0.2) is 0 Å². The van der Waals surface area contributed by atoms with Crippen LogP contribution in [-0.2, 0) is 0 Å². The standard InChI is InChI=1S/C7H13N3O3/c1-4-9(2)6(12)8-7(13)10(3)5-11/h4,11H,1,5H2,2-3H3,(H,8,12,13). The number of hydrogen-bond donors (Lipinski definition) is 2. The molecule has 0 fully saturated rings. The van der Waals surface area contributed by atoms with Crippen molar-refractivity contribution in [1.29, 1.82) is 0 Å². The quantitative estimate of drug-likeness (QED) is 0.586. The SMILES string of the molecule is C=CN(C)C(=O)NC(=O)N(C)CO. The van der Waals surface area contributed by atoms with Crippen molar-refractivity contribution in [2.75, 3.05) is 20.8 Å². The van der Waals surface area contributed by atoms with Crippen LogP contribution in [0.4, 0.5) is 9.59 Å². The van der Waals surface area contributed by atoms with Gasteiger partial charge in [0, 0.05) is 20.3 Å². The van der Waals surface area contributed by atoms with Crippen LogP contribution in [0.5, 0.6) is 0 Å². The number of rotatable bonds is 2. The van der Waals surface area contributed by atoms with Gasteiger partial charge in [-0.1, -0.05) is 6.58 Å². The molecule has 4 amide bonds. The fourth-order valence-corrected chi connectivity index (χ4v) is 0.422. The van der Waals surface area contributed by atoms with Crippen LogP contribution in [0.1, 0.15) is 0 Å². The minimum absolute atomic E-state index is 0.448. The van der Waals surface area contributed by atoms with Gasteiger partial charge in [-0.2, -0.15) is 0 Å². The summed E-state index contributed by atoms with van der Waals surface area (Å²) in [5, 5.41) is 10.6. The smallest absolute Gasteiger partial charge is 0.329 e. The van der Waals surface area contributed by atoms with Gasteiger partial charge in [-0.25, -0.2) is 9.59 Å². The molecule has 0 aromatic heterocycles. The van der Waals surface area contributed by atoms with E-state index in [1.165, 1.54) is 20.3 Å². The lowest BCUT2D eigenvalue weighted by Gasteiger charge is -2.16. The number of carbonyl (C=O) groups is 2. The highest BCUT2D eigenvalue weighted by Crippen LogP contribution is 1.86. The predicted molar refractivity (Wildman–Crippen MR) is 46.7 cm³/mol. The first-order chi connectivity index (χ1) is 6.02. The summed E-state index contributed by atoms with van der Waals surface area (Å²) in [6, 6.07) is -1.26. The van der Waals surface area contributed by atoms with Gasteiger partial charge in [-0.05, 0) is 0 Å². The second kappa shape index (κ2) is 5.15. The summed E-state index contributed by atoms with van der Waals surface area (Å²) in [6.07, 6.45) is 1.27. The molecule has 0 aliphatic rings. The molecule has 74 valence electrons. The minimum atomic E-state index is -0.666. The second-order valence-corrected chi connectivity index (χ2v) is 2.37. The summed E-state index contributed by atoms with van der Waals surface area (Å²) in [4.78, 5) is 24.1. The topological polar surface area (TPSA) is 72.9 Å². The Balaban J connectivity index is 4.06. The zero-order valence-corrected chi connectivity index (χ0v) is 7.65. The molecule has 6 heteroatoms. The van der Waals surface area contributed by atoms with Crippen molar-refractivity contribution < 1.29 is 14.7 Å². The van der Waals surface area contributed by atoms with Gasteiger partial charge in [0.25, 0.3) is 0 Å². The average Bonchev–Trinajstić information content (AvgIpc) is 2.14. The molecule has 0 saturated heterocycles. The van der Waals surface area contributed by atoms with Crippen LogP contribution in [0.2, 0.25) is 0 Å². The van der Waals surface area contributed by atoms with Crippen molar-refractivity contribution in [3.05, 3.63) is 12.8 Å². The molecule has 6 nitrogen and oxygen atoms in total. The van der Waals surface area contributed by atoms with Crippen molar-refractivity contribution in [2.45, 2.75) is 0 Å². The number of imide groups is 1. The summed E-state index contributed by atoms with van der Waals surface area (Å²) in [6.45, 7) is 2.90. The second-order valence-electron chi connectivity index (χ2n) is 2.37. The van der Waals surface area contributed by atoms with Crippen molar-refractivity contribution in [3.8, 4) is 0 Å². The number of aliphatic hydroxyl groups excluding tert-OH is 1. The third-order valence-corrected chi connectivity index (χ3v) is 1.37. The van der Waals surface area contributed by atoms with Crippen molar-refractivity contribution >= 4 is 12.1 Å². The molecule has 0 rings (SSSR count). The molecule has 0 unspecified atom stereocenters. The molecule has 0 aromatic rings. The van der Waals surface area contributed by atoms with E-state index in [9.17, 15) is 9.59 Å². The molecule has 0 aliphatic carbocycles. The summed E-state index contributed by atoms with van der Waals surface area (Å²) in [7, 11) is 2.81. The number of aliphatic hydroxyl groups is 1. The average molecular weight is 187 g/mol. The van der Waals surface area contributed by atoms with Crippen LogP contribution in [-0.4, -0.2) is 47.8 Å². The fraction of sp³-hybridized carbons (Fsp3) is 0.429. The Kier molecular flexibility index (Phi) is 4.53. The van der Waals surface area contributed by atoms with Crippen LogP contribution < -0.4 is 5.32 Å². The van der Waals surface area contributed by atoms with Gasteiger partial charge in [-0.15, -0.1) is 0 Å². The number of nitrogens with one attached hydrogen (secondary N) is 1. The Morgan fingerprint density at radius 2 is 2.00 bits per heavy atom. The Morgan fingerprint density at radius 1 is 1.46 bits per heavy atom. The Morgan fingerprint density at radius 3 is 2.38 bits per heavy atom. The maximum Gasteiger partial charge on any atom is 0.329 e. The predicted octanol–water partition coefficient (Wildman–Crippen LogP) is -0.227. The third-order valence-electron chi connectivity index (χ3n) is 1.37. The molecule has 0 radical (unpaired) electrons. The molecular weight excluding hydrogens is 174 g/mol. The molecule has 0 aliphatic heterocycles. The van der Waals surface area contributed by atoms with E-state index in [1.807, 2.05) is 5.32 Å². The lowest BCUT2D eigenvalue weighted by atomic mass is 10.7. The van der Waals surface area contributed by atoms with Crippen LogP contribution in [0, 0.1) is 0 Å². The van der Waals surface area contributed by atoms with Gasteiger partial charge < -0.3 is 14.9 Å². The molecule has 0 heterocycles. The molecule has 0 saturated carbocycles. The van der Waals surface area contributed by atoms with Crippen LogP contribution in [0.15, 0.2) is 12.8 Å². The van der Waals surface area contributed by atoms with E-state index in [0.717, 1.165) is 9.80 Å². The summed E-state index contributed by atoms with van der Waals surface area (Å²) >= 11 is 0. The third kappa shape index (κ3) is 3.57. The fourth-order valence-electron chi connectivity index (χ4n) is 0.422. The van der Waals surface area contributed by atoms with E-state index >= 15 is 0 Å². The maximum absolute atomic E-state index is 11.0. The summed E-state index contributed by atoms with van der Waals surface area (Å²) in [5.74, 6) is 0. The van der Waals surface area contributed by atoms with Gasteiger partial charge >= 0.3 is 12.1 Å². The molecular formula is C7H13N3O3. The van der Waals surface area contributed by atoms with Crippen molar-refractivity contribution in [3.63, 3.8) is 0 Å². The summed E-state index contributed by atoms with van der Waals surface area (Å²) < 4.78 is 0. The molecule has 0 atom stereocenters. The number of nitrogens with zero attached hydrogens (tertiary/aromatic N) is 2. The number of amides is 4. The van der Waals surface area contributed by atoms with E-state index in [4.69, 9.17) is 5.11 Å². The van der Waals surface area contributed by atoms with E-state index in [-0.39, 0.29) is 0 Å². The Hall–Kier alpha value is -1.56. The van der Waals surface area contributed by atoms with Gasteiger partial charge in [0.1, 0.15) is 6.73 Å². The van der Waals surface area contributed by atoms with E-state index in [2.05, 4.69) is 6.58 Å². The number of urea groups is 2. The highest BCUT2D eigenvalue weighted by atomic mass is 16.3. The van der Waals surface area contributed by atoms with Gasteiger partial charge in [0.2, 0.25) is 0 Å². The first-order valence-electron chi connectivity index (χ1n) is 3.55.